The van der Waals surface area contributed by atoms with Crippen LogP contribution >= 0.6 is 0 Å². The van der Waals surface area contributed by atoms with Gasteiger partial charge in [0.1, 0.15) is 0 Å². The molecule has 0 radical (unpaired) electrons. The van der Waals surface area contributed by atoms with E-state index in [9.17, 15) is 0 Å². The van der Waals surface area contributed by atoms with Gasteiger partial charge < -0.3 is 4.74 Å². The Balaban J connectivity index is 2.91. The third-order valence-corrected chi connectivity index (χ3v) is 2.46. The van der Waals surface area contributed by atoms with E-state index in [0.29, 0.717) is 0 Å². The van der Waals surface area contributed by atoms with E-state index >= 15 is 0 Å². The Kier molecular flexibility index (Phi) is 1.98. The van der Waals surface area contributed by atoms with Crippen molar-refractivity contribution in [3.8, 4) is 0 Å². The molecule has 3 nitrogen and oxygen atoms in total. The van der Waals surface area contributed by atoms with Crippen LogP contribution in [0.4, 0.5) is 0 Å². The van der Waals surface area contributed by atoms with Crippen molar-refractivity contribution in [2.75, 3.05) is 7.11 Å². The summed E-state index contributed by atoms with van der Waals surface area (Å²) < 4.78 is 5.12. The molecule has 0 aliphatic carbocycles. The molecule has 1 heterocycles. The van der Waals surface area contributed by atoms with Crippen LogP contribution in [0.15, 0.2) is 10.2 Å². The van der Waals surface area contributed by atoms with E-state index in [4.69, 9.17) is 4.74 Å². The van der Waals surface area contributed by atoms with Gasteiger partial charge in [0.05, 0.1) is 18.2 Å². The molecule has 1 aliphatic heterocycles. The summed E-state index contributed by atoms with van der Waals surface area (Å²) in [5.74, 6) is 0.734. The van der Waals surface area contributed by atoms with Crippen LogP contribution in [0.1, 0.15) is 27.2 Å². The predicted molar refractivity (Wildman–Crippen MR) is 46.0 cm³/mol. The van der Waals surface area contributed by atoms with Crippen molar-refractivity contribution in [1.29, 1.82) is 0 Å². The lowest BCUT2D eigenvalue weighted by atomic mass is 9.83. The lowest BCUT2D eigenvalue weighted by Crippen LogP contribution is -2.32. The van der Waals surface area contributed by atoms with Crippen molar-refractivity contribution in [2.45, 2.75) is 27.2 Å². The number of nitrogens with zero attached hydrogens (tertiary/aromatic N) is 2. The lowest BCUT2D eigenvalue weighted by molar-refractivity contribution is 0.351. The van der Waals surface area contributed by atoms with Crippen LogP contribution in [0.25, 0.3) is 0 Å². The number of hydrogen-bond acceptors (Lipinski definition) is 3. The van der Waals surface area contributed by atoms with Crippen LogP contribution in [-0.2, 0) is 4.74 Å². The van der Waals surface area contributed by atoms with E-state index in [0.717, 1.165) is 18.0 Å². The molecule has 62 valence electrons. The highest BCUT2D eigenvalue weighted by Crippen LogP contribution is 2.30. The van der Waals surface area contributed by atoms with Crippen LogP contribution in [0.3, 0.4) is 0 Å². The van der Waals surface area contributed by atoms with E-state index in [1.807, 2.05) is 6.92 Å². The Morgan fingerprint density at radius 1 is 1.45 bits per heavy atom. The fraction of sp³-hybridized carbons (Fsp3) is 0.750. The second-order valence-electron chi connectivity index (χ2n) is 2.98. The van der Waals surface area contributed by atoms with Gasteiger partial charge in [-0.1, -0.05) is 6.92 Å². The maximum Gasteiger partial charge on any atom is 0.220 e. The molecule has 0 bridgehead atoms. The summed E-state index contributed by atoms with van der Waals surface area (Å²) in [4.78, 5) is 0. The predicted octanol–water partition coefficient (Wildman–Crippen LogP) is 1.84. The summed E-state index contributed by atoms with van der Waals surface area (Å²) in [5, 5.41) is 7.93. The topological polar surface area (TPSA) is 34.0 Å². The summed E-state index contributed by atoms with van der Waals surface area (Å²) in [6.07, 6.45) is 0.981. The van der Waals surface area contributed by atoms with Crippen molar-refractivity contribution < 1.29 is 4.74 Å². The van der Waals surface area contributed by atoms with Crippen molar-refractivity contribution in [1.82, 2.24) is 0 Å². The van der Waals surface area contributed by atoms with Crippen molar-refractivity contribution >= 4 is 11.6 Å². The molecule has 0 saturated carbocycles. The largest absolute Gasteiger partial charge is 0.482 e. The first-order valence-electron chi connectivity index (χ1n) is 3.82. The molecule has 11 heavy (non-hydrogen) atoms. The Morgan fingerprint density at radius 2 is 2.09 bits per heavy atom. The SMILES string of the molecule is CCC1(C)C(C)=NN=C1OC. The van der Waals surface area contributed by atoms with Gasteiger partial charge in [-0.3, -0.25) is 0 Å². The molecule has 0 N–H and O–H groups in total. The smallest absolute Gasteiger partial charge is 0.220 e. The van der Waals surface area contributed by atoms with Gasteiger partial charge in [-0.25, -0.2) is 0 Å². The first-order chi connectivity index (χ1) is 5.15. The molecule has 0 fully saturated rings. The average Bonchev–Trinajstić information content (AvgIpc) is 2.30. The van der Waals surface area contributed by atoms with Crippen molar-refractivity contribution in [3.63, 3.8) is 0 Å². The summed E-state index contributed by atoms with van der Waals surface area (Å²) in [5.41, 5.74) is 0.978. The summed E-state index contributed by atoms with van der Waals surface area (Å²) in [6, 6.07) is 0. The van der Waals surface area contributed by atoms with E-state index in [1.54, 1.807) is 7.11 Å². The zero-order valence-corrected chi connectivity index (χ0v) is 7.51. The molecule has 0 amide bonds. The second kappa shape index (κ2) is 2.64. The molecular weight excluding hydrogens is 140 g/mol. The Labute approximate surface area is 67.2 Å². The zero-order chi connectivity index (χ0) is 8.48. The zero-order valence-electron chi connectivity index (χ0n) is 7.51. The Hall–Kier alpha value is -0.860. The molecule has 0 aromatic rings. The molecule has 1 unspecified atom stereocenters. The van der Waals surface area contributed by atoms with Crippen molar-refractivity contribution in [3.05, 3.63) is 0 Å². The molecular formula is C8H14N2O. The fourth-order valence-corrected chi connectivity index (χ4v) is 1.17. The van der Waals surface area contributed by atoms with E-state index in [1.165, 1.54) is 0 Å². The molecule has 1 rings (SSSR count). The minimum absolute atomic E-state index is 0.0608. The van der Waals surface area contributed by atoms with Gasteiger partial charge in [-0.2, -0.15) is 5.10 Å². The summed E-state index contributed by atoms with van der Waals surface area (Å²) in [6.45, 7) is 6.19. The molecule has 0 spiro atoms. The number of methoxy groups -OCH3 is 1. The highest BCUT2D eigenvalue weighted by molar-refractivity contribution is 6.09. The Bertz CT molecular complexity index is 220. The first-order valence-corrected chi connectivity index (χ1v) is 3.82. The monoisotopic (exact) mass is 154 g/mol. The number of hydrogen-bond donors (Lipinski definition) is 0. The Morgan fingerprint density at radius 3 is 2.45 bits per heavy atom. The third kappa shape index (κ3) is 1.04. The normalized spacial score (nSPS) is 29.8. The molecule has 1 aliphatic rings. The summed E-state index contributed by atoms with van der Waals surface area (Å²) >= 11 is 0. The van der Waals surface area contributed by atoms with Crippen LogP contribution in [0, 0.1) is 5.41 Å². The van der Waals surface area contributed by atoms with Crippen LogP contribution in [0.5, 0.6) is 0 Å². The lowest BCUT2D eigenvalue weighted by Gasteiger charge is -2.22. The van der Waals surface area contributed by atoms with Gasteiger partial charge in [0.25, 0.3) is 0 Å². The minimum Gasteiger partial charge on any atom is -0.482 e. The molecule has 0 aromatic heterocycles. The van der Waals surface area contributed by atoms with Crippen LogP contribution < -0.4 is 0 Å². The standard InChI is InChI=1S/C8H14N2O/c1-5-8(3)6(2)9-10-7(8)11-4/h5H2,1-4H3. The van der Waals surface area contributed by atoms with E-state index in [-0.39, 0.29) is 5.41 Å². The summed E-state index contributed by atoms with van der Waals surface area (Å²) in [7, 11) is 1.64. The van der Waals surface area contributed by atoms with Crippen LogP contribution in [-0.4, -0.2) is 18.7 Å². The van der Waals surface area contributed by atoms with Gasteiger partial charge in [0.15, 0.2) is 0 Å². The van der Waals surface area contributed by atoms with Gasteiger partial charge in [-0.15, -0.1) is 5.10 Å². The van der Waals surface area contributed by atoms with Crippen molar-refractivity contribution in [2.24, 2.45) is 15.6 Å². The second-order valence-corrected chi connectivity index (χ2v) is 2.98. The van der Waals surface area contributed by atoms with Gasteiger partial charge in [0, 0.05) is 0 Å². The average molecular weight is 154 g/mol. The molecule has 1 atom stereocenters. The van der Waals surface area contributed by atoms with Crippen LogP contribution in [0.2, 0.25) is 0 Å². The molecule has 0 aromatic carbocycles. The highest BCUT2D eigenvalue weighted by atomic mass is 16.5. The maximum atomic E-state index is 5.12. The minimum atomic E-state index is -0.0608. The van der Waals surface area contributed by atoms with Gasteiger partial charge >= 0.3 is 0 Å². The highest BCUT2D eigenvalue weighted by Gasteiger charge is 2.37. The third-order valence-electron chi connectivity index (χ3n) is 2.46. The number of rotatable bonds is 1. The van der Waals surface area contributed by atoms with Gasteiger partial charge in [0.2, 0.25) is 5.90 Å². The van der Waals surface area contributed by atoms with Gasteiger partial charge in [-0.05, 0) is 20.3 Å². The molecule has 0 saturated heterocycles. The van der Waals surface area contributed by atoms with E-state index < -0.39 is 0 Å². The number of ether oxygens (including phenoxy) is 1. The maximum absolute atomic E-state index is 5.12. The quantitative estimate of drug-likeness (QED) is 0.567. The fourth-order valence-electron chi connectivity index (χ4n) is 1.17. The van der Waals surface area contributed by atoms with E-state index in [2.05, 4.69) is 24.1 Å². The molecule has 3 heteroatoms. The first kappa shape index (κ1) is 8.24.